The minimum absolute atomic E-state index is 0.00441. The fourth-order valence-corrected chi connectivity index (χ4v) is 7.40. The van der Waals surface area contributed by atoms with E-state index in [0.717, 1.165) is 61.1 Å². The van der Waals surface area contributed by atoms with Crippen LogP contribution in [0, 0.1) is 0 Å². The zero-order valence-corrected chi connectivity index (χ0v) is 29.1. The van der Waals surface area contributed by atoms with Crippen molar-refractivity contribution in [2.75, 3.05) is 29.5 Å². The van der Waals surface area contributed by atoms with E-state index in [-0.39, 0.29) is 48.6 Å². The molecule has 1 unspecified atom stereocenters. The number of benzene rings is 2. The first-order valence-electron chi connectivity index (χ1n) is 15.5. The van der Waals surface area contributed by atoms with Crippen LogP contribution in [0.25, 0.3) is 5.57 Å². The number of nitrogens with zero attached hydrogens (tertiary/aromatic N) is 1. The molecule has 13 nitrogen and oxygen atoms in total. The Hall–Kier alpha value is -3.09. The number of hydrogen-bond donors (Lipinski definition) is 3. The molecule has 0 spiro atoms. The standard InChI is InChI=1S/C32H40N2O11S3/c1-3-4-5-6-15-32(2)26-20-24(46-45-44-37)13-14-27(26)33-28(32)21-25-30(35)29(31(25)36)22-9-11-23(12-10-22)34(16-7-18-47(38,39)40)17-8-19-48(41,42)43/h9-14,20-21,35,37H,3-8,15-19H2,1-2H3,(H,38,39,40)(H,41,42,43)/p-1/b25-21-. The molecule has 48 heavy (non-hydrogen) atoms. The Morgan fingerprint density at radius 1 is 0.958 bits per heavy atom. The Morgan fingerprint density at radius 2 is 1.60 bits per heavy atom. The van der Waals surface area contributed by atoms with E-state index in [9.17, 15) is 35.8 Å². The third-order valence-corrected chi connectivity index (χ3v) is 10.7. The molecule has 0 fully saturated rings. The molecule has 262 valence electrons. The van der Waals surface area contributed by atoms with E-state index in [2.05, 4.69) is 28.2 Å². The summed E-state index contributed by atoms with van der Waals surface area (Å²) < 4.78 is 71.1. The van der Waals surface area contributed by atoms with Gasteiger partial charge in [-0.05, 0) is 56.0 Å². The van der Waals surface area contributed by atoms with Crippen molar-refractivity contribution in [1.82, 2.24) is 0 Å². The summed E-state index contributed by atoms with van der Waals surface area (Å²) in [4.78, 5) is 19.2. The molecule has 0 radical (unpaired) electrons. The second kappa shape index (κ2) is 16.1. The molecule has 2 aromatic carbocycles. The molecule has 3 N–H and O–H groups in total. The monoisotopic (exact) mass is 723 g/mol. The third-order valence-electron chi connectivity index (χ3n) is 8.56. The Balaban J connectivity index is 1.57. The fraction of sp³-hybridized carbons (Fsp3) is 0.438. The van der Waals surface area contributed by atoms with Crippen molar-refractivity contribution < 1.29 is 55.5 Å². The first kappa shape index (κ1) is 37.7. The van der Waals surface area contributed by atoms with Gasteiger partial charge in [0.1, 0.15) is 5.76 Å². The van der Waals surface area contributed by atoms with E-state index in [1.165, 1.54) is 0 Å². The van der Waals surface area contributed by atoms with Gasteiger partial charge in [0.2, 0.25) is 11.5 Å². The fourth-order valence-electron chi connectivity index (χ4n) is 6.03. The second-order valence-electron chi connectivity index (χ2n) is 12.0. The normalized spacial score (nSPS) is 18.6. The van der Waals surface area contributed by atoms with Crippen molar-refractivity contribution in [3.8, 4) is 0 Å². The molecule has 0 saturated carbocycles. The van der Waals surface area contributed by atoms with Crippen LogP contribution in [0.5, 0.6) is 0 Å². The smallest absolute Gasteiger partial charge is 0.208 e. The van der Waals surface area contributed by atoms with Crippen molar-refractivity contribution in [2.24, 2.45) is 0 Å². The summed E-state index contributed by atoms with van der Waals surface area (Å²) >= 11 is 0.858. The van der Waals surface area contributed by atoms with Gasteiger partial charge >= 0.3 is 0 Å². The topological polar surface area (TPSA) is 208 Å². The van der Waals surface area contributed by atoms with Gasteiger partial charge in [0, 0.05) is 52.9 Å². The number of aliphatic hydroxyl groups excluding tert-OH is 1. The first-order chi connectivity index (χ1) is 22.7. The van der Waals surface area contributed by atoms with E-state index >= 15 is 0 Å². The van der Waals surface area contributed by atoms with Gasteiger partial charge in [-0.2, -0.15) is 0 Å². The number of hydrogen-bond acceptors (Lipinski definition) is 13. The van der Waals surface area contributed by atoms with Gasteiger partial charge in [-0.15, -0.1) is 4.33 Å². The molecule has 16 heteroatoms. The van der Waals surface area contributed by atoms with Crippen LogP contribution in [0.4, 0.5) is 11.4 Å². The highest BCUT2D eigenvalue weighted by atomic mass is 32.2. The molecule has 0 bridgehead atoms. The molecule has 1 aliphatic heterocycles. The molecule has 1 aliphatic carbocycles. The molecular weight excluding hydrogens is 685 g/mol. The zero-order valence-electron chi connectivity index (χ0n) is 26.6. The Labute approximate surface area is 284 Å². The number of unbranched alkanes of at least 4 members (excludes halogenated alkanes) is 3. The first-order valence-corrected chi connectivity index (χ1v) is 19.4. The van der Waals surface area contributed by atoms with Crippen LogP contribution in [0.2, 0.25) is 0 Å². The Morgan fingerprint density at radius 3 is 2.17 bits per heavy atom. The van der Waals surface area contributed by atoms with Gasteiger partial charge in [-0.25, -0.2) is 27.1 Å². The highest BCUT2D eigenvalue weighted by Gasteiger charge is 2.46. The summed E-state index contributed by atoms with van der Waals surface area (Å²) in [6.45, 7) is 4.45. The molecule has 1 heterocycles. The van der Waals surface area contributed by atoms with Crippen LogP contribution >= 0.6 is 12.0 Å². The summed E-state index contributed by atoms with van der Waals surface area (Å²) in [6, 6.07) is 12.1. The Kier molecular flexibility index (Phi) is 12.6. The largest absolute Gasteiger partial charge is 0.748 e. The average molecular weight is 724 g/mol. The second-order valence-corrected chi connectivity index (χ2v) is 15.8. The number of anilines is 1. The number of carbonyl (C=O) groups is 1. The summed E-state index contributed by atoms with van der Waals surface area (Å²) in [7, 11) is -8.89. The van der Waals surface area contributed by atoms with Crippen LogP contribution in [-0.2, 0) is 39.8 Å². The Bertz CT molecular complexity index is 1770. The van der Waals surface area contributed by atoms with Gasteiger partial charge in [0.05, 0.1) is 48.8 Å². The maximum Gasteiger partial charge on any atom is 0.208 e. The quantitative estimate of drug-likeness (QED) is 0.0473. The number of Topliss-reactive ketones (excluding diaryl/α,β-unsaturated/α-hetero) is 1. The van der Waals surface area contributed by atoms with Crippen LogP contribution in [-0.4, -0.2) is 72.4 Å². The van der Waals surface area contributed by atoms with Gasteiger partial charge in [0.25, 0.3) is 0 Å². The number of fused-ring (bicyclic) bond motifs is 1. The molecule has 0 saturated heterocycles. The van der Waals surface area contributed by atoms with E-state index in [4.69, 9.17) is 5.26 Å². The summed E-state index contributed by atoms with van der Waals surface area (Å²) in [5.74, 6) is -1.71. The summed E-state index contributed by atoms with van der Waals surface area (Å²) in [5, 5.41) is 23.4. The molecule has 0 aromatic heterocycles. The number of carbonyl (C=O) groups excluding carboxylic acids is 1. The van der Waals surface area contributed by atoms with E-state index < -0.39 is 37.2 Å². The maximum absolute atomic E-state index is 13.4. The number of aliphatic hydroxyl groups is 1. The number of ketones is 1. The van der Waals surface area contributed by atoms with Gasteiger partial charge in [0.15, 0.2) is 5.71 Å². The SMILES string of the molecule is CCCCCCC1(C)C(/C=C2\C(=O)C(c3ccc(N(CCCS(=O)(=O)[O-])CCCS(=O)(=O)[O-])cc3)=C2O)=[NH+]c2ccc(SOOO)cc21. The highest BCUT2D eigenvalue weighted by molar-refractivity contribution is 7.94. The number of nitrogens with one attached hydrogen (secondary N) is 1. The molecular formula is C32H39N2O11S3-. The summed E-state index contributed by atoms with van der Waals surface area (Å²) in [6.07, 6.45) is 6.61. The third kappa shape index (κ3) is 9.53. The van der Waals surface area contributed by atoms with Crippen LogP contribution < -0.4 is 9.89 Å². The molecule has 0 amide bonds. The predicted molar refractivity (Wildman–Crippen MR) is 178 cm³/mol. The average Bonchev–Trinajstić information content (AvgIpc) is 3.30. The van der Waals surface area contributed by atoms with Crippen molar-refractivity contribution in [2.45, 2.75) is 69.1 Å². The van der Waals surface area contributed by atoms with Gasteiger partial charge in [-0.3, -0.25) is 4.79 Å². The molecule has 2 aromatic rings. The summed E-state index contributed by atoms with van der Waals surface area (Å²) in [5.41, 5.74) is 3.39. The molecule has 1 atom stereocenters. The number of allylic oxidation sites excluding steroid dienone is 3. The van der Waals surface area contributed by atoms with Crippen LogP contribution in [0.3, 0.4) is 0 Å². The van der Waals surface area contributed by atoms with Gasteiger partial charge < -0.3 is 19.1 Å². The van der Waals surface area contributed by atoms with Gasteiger partial charge in [-0.1, -0.05) is 49.8 Å². The lowest BCUT2D eigenvalue weighted by molar-refractivity contribution is -0.432. The lowest BCUT2D eigenvalue weighted by Gasteiger charge is -2.27. The van der Waals surface area contributed by atoms with E-state index in [1.54, 1.807) is 41.3 Å². The van der Waals surface area contributed by atoms with E-state index in [1.807, 2.05) is 12.1 Å². The predicted octanol–water partition coefficient (Wildman–Crippen LogP) is 3.67. The van der Waals surface area contributed by atoms with Crippen molar-refractivity contribution in [3.63, 3.8) is 0 Å². The highest BCUT2D eigenvalue weighted by Crippen LogP contribution is 2.42. The lowest BCUT2D eigenvalue weighted by atomic mass is 9.73. The van der Waals surface area contributed by atoms with Crippen LogP contribution in [0.15, 0.2) is 64.8 Å². The van der Waals surface area contributed by atoms with E-state index in [0.29, 0.717) is 16.1 Å². The lowest BCUT2D eigenvalue weighted by Crippen LogP contribution is -2.65. The molecule has 4 rings (SSSR count). The van der Waals surface area contributed by atoms with Crippen LogP contribution in [0.1, 0.15) is 69.9 Å². The molecule has 2 aliphatic rings. The minimum atomic E-state index is -4.45. The minimum Gasteiger partial charge on any atom is -0.748 e. The maximum atomic E-state index is 13.4. The van der Waals surface area contributed by atoms with Crippen molar-refractivity contribution in [3.05, 3.63) is 71.0 Å². The number of rotatable bonds is 19. The zero-order chi connectivity index (χ0) is 35.1. The van der Waals surface area contributed by atoms with Crippen molar-refractivity contribution in [1.29, 1.82) is 0 Å². The van der Waals surface area contributed by atoms with Crippen molar-refractivity contribution >= 4 is 60.7 Å².